The highest BCUT2D eigenvalue weighted by Crippen LogP contribution is 2.34. The van der Waals surface area contributed by atoms with Crippen LogP contribution in [0.15, 0.2) is 12.4 Å². The van der Waals surface area contributed by atoms with Gasteiger partial charge in [-0.25, -0.2) is 0 Å². The number of carboxylic acids is 1. The summed E-state index contributed by atoms with van der Waals surface area (Å²) >= 11 is 0. The van der Waals surface area contributed by atoms with Crippen LogP contribution in [0.25, 0.3) is 0 Å². The van der Waals surface area contributed by atoms with Crippen LogP contribution in [0.5, 0.6) is 0 Å². The van der Waals surface area contributed by atoms with E-state index >= 15 is 0 Å². The Kier molecular flexibility index (Phi) is 3.27. The Balaban J connectivity index is 1.87. The van der Waals surface area contributed by atoms with Crippen molar-refractivity contribution in [1.82, 2.24) is 9.78 Å². The number of carbonyl (C=O) groups is 1. The number of hydrogen-bond acceptors (Lipinski definition) is 2. The number of aromatic nitrogens is 2. The van der Waals surface area contributed by atoms with Gasteiger partial charge in [0.05, 0.1) is 12.1 Å². The fraction of sp³-hybridized carbons (Fsp3) is 0.667. The van der Waals surface area contributed by atoms with E-state index in [0.717, 1.165) is 32.1 Å². The molecule has 0 aliphatic heterocycles. The molecule has 0 aromatic carbocycles. The van der Waals surface area contributed by atoms with Crippen molar-refractivity contribution in [2.24, 2.45) is 18.9 Å². The molecule has 0 bridgehead atoms. The molecule has 0 spiro atoms. The van der Waals surface area contributed by atoms with Crippen LogP contribution in [-0.2, 0) is 18.3 Å². The second kappa shape index (κ2) is 4.68. The number of aliphatic carboxylic acids is 1. The van der Waals surface area contributed by atoms with Crippen LogP contribution in [0.2, 0.25) is 0 Å². The lowest BCUT2D eigenvalue weighted by atomic mass is 9.91. The number of rotatable bonds is 4. The summed E-state index contributed by atoms with van der Waals surface area (Å²) in [6.07, 6.45) is 8.78. The minimum absolute atomic E-state index is 0.114. The van der Waals surface area contributed by atoms with Crippen molar-refractivity contribution in [3.63, 3.8) is 0 Å². The number of hydrogen-bond donors (Lipinski definition) is 1. The first-order valence-electron chi connectivity index (χ1n) is 5.87. The van der Waals surface area contributed by atoms with E-state index in [1.807, 2.05) is 19.4 Å². The minimum atomic E-state index is -0.617. The Morgan fingerprint density at radius 1 is 1.62 bits per heavy atom. The van der Waals surface area contributed by atoms with Crippen molar-refractivity contribution < 1.29 is 9.90 Å². The molecule has 2 rings (SSSR count). The maximum Gasteiger partial charge on any atom is 0.306 e. The largest absolute Gasteiger partial charge is 0.481 e. The summed E-state index contributed by atoms with van der Waals surface area (Å²) in [7, 11) is 1.90. The molecule has 16 heavy (non-hydrogen) atoms. The van der Waals surface area contributed by atoms with Gasteiger partial charge in [-0.05, 0) is 37.2 Å². The molecule has 1 fully saturated rings. The van der Waals surface area contributed by atoms with Gasteiger partial charge in [0.15, 0.2) is 0 Å². The highest BCUT2D eigenvalue weighted by molar-refractivity contribution is 5.70. The summed E-state index contributed by atoms with van der Waals surface area (Å²) in [5, 5.41) is 13.2. The van der Waals surface area contributed by atoms with E-state index in [1.165, 1.54) is 5.56 Å². The first kappa shape index (κ1) is 11.2. The van der Waals surface area contributed by atoms with Gasteiger partial charge in [0, 0.05) is 13.2 Å². The molecule has 0 saturated heterocycles. The smallest absolute Gasteiger partial charge is 0.306 e. The Morgan fingerprint density at radius 3 is 3.06 bits per heavy atom. The Hall–Kier alpha value is -1.32. The topological polar surface area (TPSA) is 55.1 Å². The fourth-order valence-corrected chi connectivity index (χ4v) is 2.66. The lowest BCUT2D eigenvalue weighted by Gasteiger charge is -2.14. The number of aryl methyl sites for hydroxylation is 2. The lowest BCUT2D eigenvalue weighted by Crippen LogP contribution is -2.18. The normalized spacial score (nSPS) is 24.8. The van der Waals surface area contributed by atoms with Gasteiger partial charge in [0.1, 0.15) is 0 Å². The summed E-state index contributed by atoms with van der Waals surface area (Å²) in [5.41, 5.74) is 1.21. The molecule has 88 valence electrons. The standard InChI is InChI=1S/C12H18N2O2/c1-14-8-9(7-13-14)5-6-10-3-2-4-11(10)12(15)16/h7-8,10-11H,2-6H2,1H3,(H,15,16). The highest BCUT2D eigenvalue weighted by Gasteiger charge is 2.32. The minimum Gasteiger partial charge on any atom is -0.481 e. The maximum absolute atomic E-state index is 11.0. The average molecular weight is 222 g/mol. The van der Waals surface area contributed by atoms with Crippen molar-refractivity contribution in [1.29, 1.82) is 0 Å². The van der Waals surface area contributed by atoms with Crippen molar-refractivity contribution in [3.05, 3.63) is 18.0 Å². The van der Waals surface area contributed by atoms with Crippen LogP contribution in [0.3, 0.4) is 0 Å². The molecule has 2 atom stereocenters. The predicted molar refractivity (Wildman–Crippen MR) is 60.0 cm³/mol. The summed E-state index contributed by atoms with van der Waals surface area (Å²) in [6.45, 7) is 0. The highest BCUT2D eigenvalue weighted by atomic mass is 16.4. The van der Waals surface area contributed by atoms with Crippen molar-refractivity contribution in [3.8, 4) is 0 Å². The monoisotopic (exact) mass is 222 g/mol. The molecule has 0 radical (unpaired) electrons. The summed E-state index contributed by atoms with van der Waals surface area (Å²) in [4.78, 5) is 11.0. The van der Waals surface area contributed by atoms with Crippen LogP contribution in [-0.4, -0.2) is 20.9 Å². The SMILES string of the molecule is Cn1cc(CCC2CCCC2C(=O)O)cn1. The zero-order chi connectivity index (χ0) is 11.5. The van der Waals surface area contributed by atoms with Crippen molar-refractivity contribution in [2.45, 2.75) is 32.1 Å². The van der Waals surface area contributed by atoms with E-state index in [0.29, 0.717) is 5.92 Å². The van der Waals surface area contributed by atoms with Gasteiger partial charge in [-0.2, -0.15) is 5.10 Å². The molecule has 0 amide bonds. The zero-order valence-electron chi connectivity index (χ0n) is 9.59. The van der Waals surface area contributed by atoms with Crippen molar-refractivity contribution in [2.75, 3.05) is 0 Å². The van der Waals surface area contributed by atoms with Crippen LogP contribution in [0.4, 0.5) is 0 Å². The van der Waals surface area contributed by atoms with Crippen LogP contribution in [0, 0.1) is 11.8 Å². The molecule has 1 aliphatic rings. The molecule has 1 aromatic rings. The van der Waals surface area contributed by atoms with Gasteiger partial charge >= 0.3 is 5.97 Å². The van der Waals surface area contributed by atoms with E-state index in [-0.39, 0.29) is 5.92 Å². The van der Waals surface area contributed by atoms with Gasteiger partial charge in [0.2, 0.25) is 0 Å². The first-order chi connectivity index (χ1) is 7.66. The molecule has 1 saturated carbocycles. The van der Waals surface area contributed by atoms with Crippen LogP contribution in [0.1, 0.15) is 31.2 Å². The first-order valence-corrected chi connectivity index (χ1v) is 5.87. The molecular formula is C12H18N2O2. The van der Waals surface area contributed by atoms with E-state index < -0.39 is 5.97 Å². The van der Waals surface area contributed by atoms with Gasteiger partial charge in [0.25, 0.3) is 0 Å². The van der Waals surface area contributed by atoms with E-state index in [1.54, 1.807) is 4.68 Å². The van der Waals surface area contributed by atoms with Crippen molar-refractivity contribution >= 4 is 5.97 Å². The maximum atomic E-state index is 11.0. The quantitative estimate of drug-likeness (QED) is 0.845. The zero-order valence-corrected chi connectivity index (χ0v) is 9.59. The molecular weight excluding hydrogens is 204 g/mol. The molecule has 1 aromatic heterocycles. The number of carboxylic acid groups (broad SMARTS) is 1. The number of nitrogens with zero attached hydrogens (tertiary/aromatic N) is 2. The predicted octanol–water partition coefficient (Wildman–Crippen LogP) is 1.85. The fourth-order valence-electron chi connectivity index (χ4n) is 2.66. The van der Waals surface area contributed by atoms with E-state index in [4.69, 9.17) is 5.11 Å². The Bertz CT molecular complexity index is 373. The van der Waals surface area contributed by atoms with Gasteiger partial charge < -0.3 is 5.11 Å². The second-order valence-corrected chi connectivity index (χ2v) is 4.70. The van der Waals surface area contributed by atoms with Gasteiger partial charge in [-0.1, -0.05) is 6.42 Å². The third kappa shape index (κ3) is 2.43. The van der Waals surface area contributed by atoms with Gasteiger partial charge in [-0.15, -0.1) is 0 Å². The third-order valence-electron chi connectivity index (χ3n) is 3.54. The summed E-state index contributed by atoms with van der Waals surface area (Å²) in [6, 6.07) is 0. The van der Waals surface area contributed by atoms with Crippen LogP contribution < -0.4 is 0 Å². The Morgan fingerprint density at radius 2 is 2.44 bits per heavy atom. The molecule has 2 unspecified atom stereocenters. The van der Waals surface area contributed by atoms with Crippen LogP contribution >= 0.6 is 0 Å². The molecule has 4 nitrogen and oxygen atoms in total. The Labute approximate surface area is 95.3 Å². The molecule has 1 N–H and O–H groups in total. The van der Waals surface area contributed by atoms with E-state index in [2.05, 4.69) is 5.10 Å². The van der Waals surface area contributed by atoms with E-state index in [9.17, 15) is 4.79 Å². The van der Waals surface area contributed by atoms with Gasteiger partial charge in [-0.3, -0.25) is 9.48 Å². The summed E-state index contributed by atoms with van der Waals surface area (Å²) in [5.74, 6) is -0.372. The summed E-state index contributed by atoms with van der Waals surface area (Å²) < 4.78 is 1.79. The average Bonchev–Trinajstić information content (AvgIpc) is 2.83. The molecule has 1 aliphatic carbocycles. The molecule has 4 heteroatoms. The lowest BCUT2D eigenvalue weighted by molar-refractivity contribution is -0.143. The second-order valence-electron chi connectivity index (χ2n) is 4.70. The molecule has 1 heterocycles. The third-order valence-corrected chi connectivity index (χ3v) is 3.54.